The molecule has 0 aromatic heterocycles. The molecule has 0 saturated carbocycles. The van der Waals surface area contributed by atoms with Gasteiger partial charge in [-0.25, -0.2) is 0 Å². The quantitative estimate of drug-likeness (QED) is 0.619. The maximum Gasteiger partial charge on any atom is 0.273 e. The van der Waals surface area contributed by atoms with Crippen molar-refractivity contribution < 1.29 is 9.31 Å². The van der Waals surface area contributed by atoms with E-state index in [0.717, 1.165) is 0 Å². The second kappa shape index (κ2) is 4.50. The van der Waals surface area contributed by atoms with Crippen LogP contribution in [0.25, 0.3) is 0 Å². The molecule has 0 aliphatic heterocycles. The molecule has 0 spiro atoms. The van der Waals surface area contributed by atoms with E-state index in [1.807, 2.05) is 0 Å². The number of benzene rings is 1. The van der Waals surface area contributed by atoms with Crippen LogP contribution in [0, 0.1) is 17.0 Å². The van der Waals surface area contributed by atoms with Crippen LogP contribution >= 0.6 is 15.9 Å². The third-order valence-electron chi connectivity index (χ3n) is 1.81. The molecule has 1 rings (SSSR count). The molecule has 0 N–H and O–H groups in total. The molecule has 0 bridgehead atoms. The summed E-state index contributed by atoms with van der Waals surface area (Å²) in [6.45, 7) is 2.80. The summed E-state index contributed by atoms with van der Waals surface area (Å²) in [5, 5.41) is 10.6. The van der Waals surface area contributed by atoms with Crippen molar-refractivity contribution in [1.29, 1.82) is 0 Å². The highest BCUT2D eigenvalue weighted by Crippen LogP contribution is 2.29. The van der Waals surface area contributed by atoms with Gasteiger partial charge in [0.25, 0.3) is 5.69 Å². The number of nitro groups is 1. The molecule has 1 atom stereocenters. The lowest BCUT2D eigenvalue weighted by Crippen LogP contribution is -2.01. The van der Waals surface area contributed by atoms with Gasteiger partial charge in [0.2, 0.25) is 0 Å². The Bertz CT molecular complexity index is 357. The van der Waals surface area contributed by atoms with E-state index < -0.39 is 17.5 Å². The molecule has 1 radical (unpaired) electrons. The topological polar surface area (TPSA) is 43.1 Å². The summed E-state index contributed by atoms with van der Waals surface area (Å²) in [6.07, 6.45) is 0. The van der Waals surface area contributed by atoms with Crippen LogP contribution in [0.5, 0.6) is 0 Å². The van der Waals surface area contributed by atoms with Gasteiger partial charge in [-0.2, -0.15) is 0 Å². The number of rotatable bonds is 3. The minimum atomic E-state index is -0.711. The lowest BCUT2D eigenvalue weighted by molar-refractivity contribution is -0.385. The Morgan fingerprint density at radius 2 is 2.29 bits per heavy atom. The average molecular weight is 261 g/mol. The summed E-state index contributed by atoms with van der Waals surface area (Å²) >= 11 is 3.17. The van der Waals surface area contributed by atoms with Gasteiger partial charge in [0.05, 0.1) is 11.6 Å². The van der Waals surface area contributed by atoms with Crippen LogP contribution in [-0.4, -0.2) is 11.6 Å². The lowest BCUT2D eigenvalue weighted by atomic mass is 10.0. The number of alkyl halides is 1. The van der Waals surface area contributed by atoms with Crippen LogP contribution in [0.2, 0.25) is 0 Å². The van der Waals surface area contributed by atoms with Gasteiger partial charge in [-0.3, -0.25) is 14.5 Å². The monoisotopic (exact) mass is 260 g/mol. The molecule has 5 heteroatoms. The van der Waals surface area contributed by atoms with Crippen molar-refractivity contribution in [3.05, 3.63) is 45.3 Å². The highest BCUT2D eigenvalue weighted by Gasteiger charge is 2.18. The standard InChI is InChI=1S/C9H8BrFNO2/c1-6(5-11)8-4-7(10)2-3-9(8)12(13)14/h2-4,6H,1,5H2. The predicted molar refractivity (Wildman–Crippen MR) is 54.9 cm³/mol. The van der Waals surface area contributed by atoms with Crippen LogP contribution in [0.15, 0.2) is 22.7 Å². The SMILES string of the molecule is [CH2]C(CF)c1cc(Br)ccc1[N+](=O)[O-]. The van der Waals surface area contributed by atoms with E-state index in [-0.39, 0.29) is 5.69 Å². The van der Waals surface area contributed by atoms with Gasteiger partial charge in [-0.1, -0.05) is 15.9 Å². The van der Waals surface area contributed by atoms with Crippen LogP contribution < -0.4 is 0 Å². The Morgan fingerprint density at radius 3 is 2.79 bits per heavy atom. The zero-order valence-electron chi connectivity index (χ0n) is 7.24. The van der Waals surface area contributed by atoms with Crippen LogP contribution in [-0.2, 0) is 0 Å². The molecule has 0 fully saturated rings. The Balaban J connectivity index is 3.22. The maximum atomic E-state index is 12.3. The van der Waals surface area contributed by atoms with Crippen molar-refractivity contribution in [3.63, 3.8) is 0 Å². The third-order valence-corrected chi connectivity index (χ3v) is 2.31. The van der Waals surface area contributed by atoms with E-state index in [1.165, 1.54) is 12.1 Å². The minimum Gasteiger partial charge on any atom is -0.258 e. The van der Waals surface area contributed by atoms with Crippen molar-refractivity contribution in [2.24, 2.45) is 0 Å². The number of hydrogen-bond donors (Lipinski definition) is 0. The van der Waals surface area contributed by atoms with Crippen molar-refractivity contribution in [1.82, 2.24) is 0 Å². The Morgan fingerprint density at radius 1 is 1.64 bits per heavy atom. The van der Waals surface area contributed by atoms with Gasteiger partial charge < -0.3 is 0 Å². The molecule has 0 amide bonds. The number of nitro benzene ring substituents is 1. The summed E-state index contributed by atoms with van der Waals surface area (Å²) in [5.41, 5.74) is 0.220. The molecule has 14 heavy (non-hydrogen) atoms. The van der Waals surface area contributed by atoms with E-state index in [9.17, 15) is 14.5 Å². The van der Waals surface area contributed by atoms with Gasteiger partial charge in [0.15, 0.2) is 0 Å². The van der Waals surface area contributed by atoms with Gasteiger partial charge >= 0.3 is 0 Å². The van der Waals surface area contributed by atoms with Crippen LogP contribution in [0.1, 0.15) is 11.5 Å². The molecule has 3 nitrogen and oxygen atoms in total. The van der Waals surface area contributed by atoms with E-state index in [0.29, 0.717) is 10.0 Å². The molecule has 0 aliphatic rings. The fraction of sp³-hybridized carbons (Fsp3) is 0.222. The lowest BCUT2D eigenvalue weighted by Gasteiger charge is -2.07. The first-order valence-electron chi connectivity index (χ1n) is 3.89. The Hall–Kier alpha value is -0.970. The zero-order chi connectivity index (χ0) is 10.7. The Labute approximate surface area is 89.2 Å². The highest BCUT2D eigenvalue weighted by atomic mass is 79.9. The van der Waals surface area contributed by atoms with Crippen molar-refractivity contribution in [2.75, 3.05) is 6.67 Å². The second-order valence-electron chi connectivity index (χ2n) is 2.81. The first kappa shape index (κ1) is 11.1. The number of halogens is 2. The Kier molecular flexibility index (Phi) is 3.57. The molecular weight excluding hydrogens is 253 g/mol. The first-order valence-corrected chi connectivity index (χ1v) is 4.68. The molecule has 75 valence electrons. The van der Waals surface area contributed by atoms with E-state index in [4.69, 9.17) is 0 Å². The van der Waals surface area contributed by atoms with Gasteiger partial charge in [0.1, 0.15) is 0 Å². The first-order chi connectivity index (χ1) is 6.56. The van der Waals surface area contributed by atoms with Crippen LogP contribution in [0.4, 0.5) is 10.1 Å². The van der Waals surface area contributed by atoms with Crippen LogP contribution in [0.3, 0.4) is 0 Å². The third kappa shape index (κ3) is 2.29. The minimum absolute atomic E-state index is 0.0918. The second-order valence-corrected chi connectivity index (χ2v) is 3.73. The molecule has 0 saturated heterocycles. The molecule has 1 aromatic carbocycles. The summed E-state index contributed by atoms with van der Waals surface area (Å²) in [5.74, 6) is -0.701. The summed E-state index contributed by atoms with van der Waals surface area (Å²) in [7, 11) is 0. The van der Waals surface area contributed by atoms with E-state index in [2.05, 4.69) is 22.9 Å². The summed E-state index contributed by atoms with van der Waals surface area (Å²) in [4.78, 5) is 10.1. The van der Waals surface area contributed by atoms with Gasteiger partial charge in [0, 0.05) is 22.0 Å². The summed E-state index contributed by atoms with van der Waals surface area (Å²) < 4.78 is 13.0. The van der Waals surface area contributed by atoms with Crippen molar-refractivity contribution in [3.8, 4) is 0 Å². The maximum absolute atomic E-state index is 12.3. The normalized spacial score (nSPS) is 12.5. The predicted octanol–water partition coefficient (Wildman–Crippen LogP) is 3.24. The largest absolute Gasteiger partial charge is 0.273 e. The molecular formula is C9H8BrFNO2. The zero-order valence-corrected chi connectivity index (χ0v) is 8.83. The molecule has 0 aliphatic carbocycles. The molecule has 1 aromatic rings. The molecule has 1 unspecified atom stereocenters. The van der Waals surface area contributed by atoms with Gasteiger partial charge in [-0.15, -0.1) is 0 Å². The smallest absolute Gasteiger partial charge is 0.258 e. The molecule has 0 heterocycles. The van der Waals surface area contributed by atoms with Crippen molar-refractivity contribution >= 4 is 21.6 Å². The highest BCUT2D eigenvalue weighted by molar-refractivity contribution is 9.10. The number of nitrogens with zero attached hydrogens (tertiary/aromatic N) is 1. The average Bonchev–Trinajstić information content (AvgIpc) is 2.16. The fourth-order valence-corrected chi connectivity index (χ4v) is 1.48. The van der Waals surface area contributed by atoms with E-state index in [1.54, 1.807) is 6.07 Å². The number of hydrogen-bond acceptors (Lipinski definition) is 2. The van der Waals surface area contributed by atoms with Gasteiger partial charge in [-0.05, 0) is 19.1 Å². The van der Waals surface area contributed by atoms with E-state index >= 15 is 0 Å². The van der Waals surface area contributed by atoms with Crippen molar-refractivity contribution in [2.45, 2.75) is 5.92 Å². The fourth-order valence-electron chi connectivity index (χ4n) is 1.10. The summed E-state index contributed by atoms with van der Waals surface area (Å²) in [6, 6.07) is 4.41.